The highest BCUT2D eigenvalue weighted by molar-refractivity contribution is 6.32. The van der Waals surface area contributed by atoms with Gasteiger partial charge in [-0.1, -0.05) is 57.5 Å². The molecule has 0 saturated carbocycles. The molecule has 184 valence electrons. The van der Waals surface area contributed by atoms with Crippen LogP contribution in [-0.4, -0.2) is 59.8 Å². The minimum Gasteiger partial charge on any atom is -0.491 e. The van der Waals surface area contributed by atoms with Gasteiger partial charge in [0.25, 0.3) is 0 Å². The predicted octanol–water partition coefficient (Wildman–Crippen LogP) is 3.87. The lowest BCUT2D eigenvalue weighted by Gasteiger charge is -2.36. The summed E-state index contributed by atoms with van der Waals surface area (Å²) >= 11 is 6.39. The Bertz CT molecular complexity index is 862. The highest BCUT2D eigenvalue weighted by Gasteiger charge is 2.36. The van der Waals surface area contributed by atoms with Crippen LogP contribution in [0.5, 0.6) is 11.5 Å². The molecule has 0 radical (unpaired) electrons. The summed E-state index contributed by atoms with van der Waals surface area (Å²) < 4.78 is 12.1. The van der Waals surface area contributed by atoms with Crippen molar-refractivity contribution in [3.05, 3.63) is 58.6 Å². The van der Waals surface area contributed by atoms with Crippen molar-refractivity contribution in [2.24, 2.45) is 0 Å². The molecule has 0 saturated heterocycles. The second kappa shape index (κ2) is 13.2. The fraction of sp³-hybridized carbons (Fsp3) is 0.538. The summed E-state index contributed by atoms with van der Waals surface area (Å²) in [6.45, 7) is 12.3. The minimum absolute atomic E-state index is 0.0351. The van der Waals surface area contributed by atoms with Gasteiger partial charge in [-0.05, 0) is 49.2 Å². The van der Waals surface area contributed by atoms with Crippen LogP contribution in [0, 0.1) is 13.8 Å². The molecule has 0 bridgehead atoms. The summed E-state index contributed by atoms with van der Waals surface area (Å²) in [6.07, 6.45) is -2.64. The molecule has 0 aromatic heterocycles. The molecule has 4 atom stereocenters. The zero-order chi connectivity index (χ0) is 24.5. The van der Waals surface area contributed by atoms with Gasteiger partial charge in [-0.15, -0.1) is 0 Å². The second-order valence-corrected chi connectivity index (χ2v) is 9.60. The lowest BCUT2D eigenvalue weighted by molar-refractivity contribution is -0.0366. The van der Waals surface area contributed by atoms with Crippen LogP contribution in [0.15, 0.2) is 42.5 Å². The first kappa shape index (κ1) is 27.4. The Labute approximate surface area is 203 Å². The van der Waals surface area contributed by atoms with Crippen LogP contribution in [0.25, 0.3) is 0 Å². The standard InChI is InChI=1S/C26H39ClN2O4/c1-16(2)28-14-22(30)26(33-24-13-19(6)10-11-21(24)27)25(29-17(3)4)23(31)15-32-20-9-7-8-18(5)12-20/h7-13,16-17,22-23,25-26,28-31H,14-15H2,1-6H3. The molecule has 2 aromatic rings. The molecule has 7 heteroatoms. The third-order valence-corrected chi connectivity index (χ3v) is 5.48. The molecule has 6 nitrogen and oxygen atoms in total. The third kappa shape index (κ3) is 9.14. The first-order chi connectivity index (χ1) is 15.6. The number of aliphatic hydroxyl groups is 2. The van der Waals surface area contributed by atoms with E-state index in [1.165, 1.54) is 0 Å². The molecule has 0 aliphatic rings. The van der Waals surface area contributed by atoms with Gasteiger partial charge in [-0.3, -0.25) is 0 Å². The highest BCUT2D eigenvalue weighted by atomic mass is 35.5. The van der Waals surface area contributed by atoms with E-state index < -0.39 is 24.4 Å². The van der Waals surface area contributed by atoms with Gasteiger partial charge in [0, 0.05) is 18.6 Å². The van der Waals surface area contributed by atoms with Crippen LogP contribution in [0.4, 0.5) is 0 Å². The van der Waals surface area contributed by atoms with E-state index in [-0.39, 0.29) is 18.7 Å². The lowest BCUT2D eigenvalue weighted by Crippen LogP contribution is -2.60. The zero-order valence-corrected chi connectivity index (χ0v) is 21.3. The van der Waals surface area contributed by atoms with Crippen LogP contribution in [0.1, 0.15) is 38.8 Å². The Morgan fingerprint density at radius 2 is 1.61 bits per heavy atom. The number of nitrogens with one attached hydrogen (secondary N) is 2. The van der Waals surface area contributed by atoms with Gasteiger partial charge in [0.15, 0.2) is 0 Å². The van der Waals surface area contributed by atoms with Crippen molar-refractivity contribution >= 4 is 11.6 Å². The number of halogens is 1. The Kier molecular flexibility index (Phi) is 10.9. The van der Waals surface area contributed by atoms with E-state index in [9.17, 15) is 10.2 Å². The Hall–Kier alpha value is -1.83. The van der Waals surface area contributed by atoms with E-state index in [0.717, 1.165) is 11.1 Å². The maximum Gasteiger partial charge on any atom is 0.144 e. The Morgan fingerprint density at radius 1 is 0.909 bits per heavy atom. The van der Waals surface area contributed by atoms with Crippen molar-refractivity contribution in [2.75, 3.05) is 13.2 Å². The molecule has 2 rings (SSSR count). The van der Waals surface area contributed by atoms with E-state index in [1.807, 2.05) is 77.9 Å². The van der Waals surface area contributed by atoms with Crippen molar-refractivity contribution in [3.63, 3.8) is 0 Å². The SMILES string of the molecule is Cc1cccc(OCC(O)C(NC(C)C)C(Oc2cc(C)ccc2Cl)C(O)CNC(C)C)c1. The van der Waals surface area contributed by atoms with Gasteiger partial charge < -0.3 is 30.3 Å². The summed E-state index contributed by atoms with van der Waals surface area (Å²) in [5.74, 6) is 1.14. The van der Waals surface area contributed by atoms with Crippen molar-refractivity contribution in [3.8, 4) is 11.5 Å². The molecular formula is C26H39ClN2O4. The molecule has 4 N–H and O–H groups in total. The molecular weight excluding hydrogens is 440 g/mol. The smallest absolute Gasteiger partial charge is 0.144 e. The largest absolute Gasteiger partial charge is 0.491 e. The third-order valence-electron chi connectivity index (χ3n) is 5.17. The van der Waals surface area contributed by atoms with E-state index >= 15 is 0 Å². The number of hydrogen-bond donors (Lipinski definition) is 4. The van der Waals surface area contributed by atoms with Gasteiger partial charge >= 0.3 is 0 Å². The molecule has 4 unspecified atom stereocenters. The topological polar surface area (TPSA) is 83.0 Å². The van der Waals surface area contributed by atoms with E-state index in [2.05, 4.69) is 10.6 Å². The monoisotopic (exact) mass is 478 g/mol. The maximum absolute atomic E-state index is 11.2. The Morgan fingerprint density at radius 3 is 2.24 bits per heavy atom. The molecule has 0 amide bonds. The predicted molar refractivity (Wildman–Crippen MR) is 134 cm³/mol. The average Bonchev–Trinajstić information content (AvgIpc) is 2.75. The van der Waals surface area contributed by atoms with Crippen LogP contribution < -0.4 is 20.1 Å². The summed E-state index contributed by atoms with van der Waals surface area (Å²) in [5.41, 5.74) is 2.06. The van der Waals surface area contributed by atoms with Gasteiger partial charge in [0.05, 0.1) is 11.1 Å². The van der Waals surface area contributed by atoms with Crippen molar-refractivity contribution in [1.82, 2.24) is 10.6 Å². The molecule has 0 aliphatic heterocycles. The first-order valence-corrected chi connectivity index (χ1v) is 11.9. The fourth-order valence-electron chi connectivity index (χ4n) is 3.51. The number of aliphatic hydroxyl groups excluding tert-OH is 2. The van der Waals surface area contributed by atoms with Crippen molar-refractivity contribution < 1.29 is 19.7 Å². The number of benzene rings is 2. The normalized spacial score (nSPS) is 15.4. The summed E-state index contributed by atoms with van der Waals surface area (Å²) in [7, 11) is 0. The molecule has 0 fully saturated rings. The zero-order valence-electron chi connectivity index (χ0n) is 20.5. The highest BCUT2D eigenvalue weighted by Crippen LogP contribution is 2.28. The summed E-state index contributed by atoms with van der Waals surface area (Å²) in [4.78, 5) is 0. The molecule has 0 spiro atoms. The van der Waals surface area contributed by atoms with Gasteiger partial charge in [-0.2, -0.15) is 0 Å². The van der Waals surface area contributed by atoms with E-state index in [1.54, 1.807) is 6.07 Å². The van der Waals surface area contributed by atoms with Crippen molar-refractivity contribution in [2.45, 2.75) is 78.0 Å². The van der Waals surface area contributed by atoms with Crippen LogP contribution in [0.2, 0.25) is 5.02 Å². The van der Waals surface area contributed by atoms with Gasteiger partial charge in [-0.25, -0.2) is 0 Å². The first-order valence-electron chi connectivity index (χ1n) is 11.5. The Balaban J connectivity index is 2.29. The number of hydrogen-bond acceptors (Lipinski definition) is 6. The molecule has 0 heterocycles. The summed E-state index contributed by atoms with van der Waals surface area (Å²) in [6, 6.07) is 12.8. The van der Waals surface area contributed by atoms with E-state index in [4.69, 9.17) is 21.1 Å². The van der Waals surface area contributed by atoms with Gasteiger partial charge in [0.1, 0.15) is 36.4 Å². The molecule has 2 aromatic carbocycles. The average molecular weight is 479 g/mol. The quantitative estimate of drug-likeness (QED) is 0.350. The minimum atomic E-state index is -0.949. The van der Waals surface area contributed by atoms with Crippen LogP contribution >= 0.6 is 11.6 Å². The van der Waals surface area contributed by atoms with E-state index in [0.29, 0.717) is 23.1 Å². The lowest BCUT2D eigenvalue weighted by atomic mass is 9.98. The maximum atomic E-state index is 11.2. The van der Waals surface area contributed by atoms with Crippen molar-refractivity contribution in [1.29, 1.82) is 0 Å². The van der Waals surface area contributed by atoms with Crippen LogP contribution in [0.3, 0.4) is 0 Å². The summed E-state index contributed by atoms with van der Waals surface area (Å²) in [5, 5.41) is 29.3. The van der Waals surface area contributed by atoms with Gasteiger partial charge in [0.2, 0.25) is 0 Å². The molecule has 33 heavy (non-hydrogen) atoms. The molecule has 0 aliphatic carbocycles. The second-order valence-electron chi connectivity index (χ2n) is 9.19. The number of aryl methyl sites for hydroxylation is 2. The van der Waals surface area contributed by atoms with Crippen LogP contribution in [-0.2, 0) is 0 Å². The number of rotatable bonds is 13. The fourth-order valence-corrected chi connectivity index (χ4v) is 3.67. The number of ether oxygens (including phenoxy) is 2.